The number of carbonyl (C=O) groups is 2. The van der Waals surface area contributed by atoms with Crippen LogP contribution in [-0.4, -0.2) is 48.4 Å². The lowest BCUT2D eigenvalue weighted by atomic mass is 10.0. The smallest absolute Gasteiger partial charge is 0.228 e. The van der Waals surface area contributed by atoms with Crippen molar-refractivity contribution in [3.63, 3.8) is 0 Å². The summed E-state index contributed by atoms with van der Waals surface area (Å²) in [6, 6.07) is 9.04. The van der Waals surface area contributed by atoms with Crippen molar-refractivity contribution in [3.8, 4) is 0 Å². The summed E-state index contributed by atoms with van der Waals surface area (Å²) >= 11 is 0. The lowest BCUT2D eigenvalue weighted by molar-refractivity contribution is -0.136. The lowest BCUT2D eigenvalue weighted by Gasteiger charge is -2.27. The van der Waals surface area contributed by atoms with E-state index in [1.54, 1.807) is 0 Å². The molecule has 3 aliphatic heterocycles. The Kier molecular flexibility index (Phi) is 4.50. The van der Waals surface area contributed by atoms with Crippen molar-refractivity contribution >= 4 is 17.5 Å². The van der Waals surface area contributed by atoms with Gasteiger partial charge in [0.05, 0.1) is 5.92 Å². The fourth-order valence-corrected chi connectivity index (χ4v) is 4.58. The first-order valence-corrected chi connectivity index (χ1v) is 9.58. The summed E-state index contributed by atoms with van der Waals surface area (Å²) in [6.07, 6.45) is 4.66. The van der Waals surface area contributed by atoms with Gasteiger partial charge in [-0.1, -0.05) is 25.1 Å². The molecular formula is C20H27N3O2. The summed E-state index contributed by atoms with van der Waals surface area (Å²) in [5.41, 5.74) is 2.14. The summed E-state index contributed by atoms with van der Waals surface area (Å²) in [5, 5.41) is 3.62. The largest absolute Gasteiger partial charge is 0.341 e. The lowest BCUT2D eigenvalue weighted by Crippen LogP contribution is -2.42. The first-order chi connectivity index (χ1) is 12.2. The minimum absolute atomic E-state index is 0.0775. The summed E-state index contributed by atoms with van der Waals surface area (Å²) in [6.45, 7) is 4.24. The number of fused-ring (bicyclic) bond motifs is 2. The molecule has 25 heavy (non-hydrogen) atoms. The molecule has 0 spiro atoms. The van der Waals surface area contributed by atoms with Crippen molar-refractivity contribution in [1.82, 2.24) is 10.2 Å². The van der Waals surface area contributed by atoms with Gasteiger partial charge in [-0.3, -0.25) is 9.59 Å². The van der Waals surface area contributed by atoms with E-state index in [1.165, 1.54) is 12.0 Å². The van der Waals surface area contributed by atoms with Crippen molar-refractivity contribution in [3.05, 3.63) is 29.8 Å². The standard InChI is InChI=1S/C20H27N3O2/c1-2-14-5-3-4-6-18(14)23-12-15(11-19(23)24)20(25)22-10-9-16-7-8-17(13-22)21-16/h3-6,15-17,21H,2,7-13H2,1H3. The zero-order valence-electron chi connectivity index (χ0n) is 14.9. The predicted octanol–water partition coefficient (Wildman–Crippen LogP) is 1.95. The van der Waals surface area contributed by atoms with Crippen molar-refractivity contribution in [2.75, 3.05) is 24.5 Å². The van der Waals surface area contributed by atoms with E-state index in [9.17, 15) is 9.59 Å². The van der Waals surface area contributed by atoms with Gasteiger partial charge in [0.2, 0.25) is 11.8 Å². The molecule has 2 bridgehead atoms. The van der Waals surface area contributed by atoms with Gasteiger partial charge in [0, 0.05) is 43.8 Å². The monoisotopic (exact) mass is 341 g/mol. The highest BCUT2D eigenvalue weighted by atomic mass is 16.2. The van der Waals surface area contributed by atoms with Gasteiger partial charge >= 0.3 is 0 Å². The van der Waals surface area contributed by atoms with Gasteiger partial charge in [-0.2, -0.15) is 0 Å². The number of rotatable bonds is 3. The van der Waals surface area contributed by atoms with Gasteiger partial charge in [0.15, 0.2) is 0 Å². The highest BCUT2D eigenvalue weighted by Gasteiger charge is 2.39. The van der Waals surface area contributed by atoms with E-state index in [0.29, 0.717) is 25.0 Å². The number of likely N-dealkylation sites (tertiary alicyclic amines) is 1. The Morgan fingerprint density at radius 3 is 2.80 bits per heavy atom. The summed E-state index contributed by atoms with van der Waals surface area (Å²) in [7, 11) is 0. The number of hydrogen-bond acceptors (Lipinski definition) is 3. The molecule has 2 amide bonds. The molecule has 3 saturated heterocycles. The molecule has 1 aromatic carbocycles. The molecule has 134 valence electrons. The molecule has 5 nitrogen and oxygen atoms in total. The van der Waals surface area contributed by atoms with Gasteiger partial charge in [0.1, 0.15) is 0 Å². The van der Waals surface area contributed by atoms with Crippen molar-refractivity contribution in [2.24, 2.45) is 5.92 Å². The summed E-state index contributed by atoms with van der Waals surface area (Å²) in [5.74, 6) is 0.0435. The number of amides is 2. The van der Waals surface area contributed by atoms with Crippen LogP contribution in [0.15, 0.2) is 24.3 Å². The molecule has 0 aliphatic carbocycles. The van der Waals surface area contributed by atoms with Crippen molar-refractivity contribution in [2.45, 2.75) is 51.1 Å². The quantitative estimate of drug-likeness (QED) is 0.914. The van der Waals surface area contributed by atoms with Gasteiger partial charge < -0.3 is 15.1 Å². The van der Waals surface area contributed by atoms with Crippen LogP contribution in [0.3, 0.4) is 0 Å². The third-order valence-electron chi connectivity index (χ3n) is 5.97. The molecule has 3 unspecified atom stereocenters. The van der Waals surface area contributed by atoms with Crippen LogP contribution in [0.25, 0.3) is 0 Å². The normalized spacial score (nSPS) is 29.2. The molecule has 5 heteroatoms. The second-order valence-corrected chi connectivity index (χ2v) is 7.60. The van der Waals surface area contributed by atoms with E-state index < -0.39 is 0 Å². The topological polar surface area (TPSA) is 52.7 Å². The number of hydrogen-bond donors (Lipinski definition) is 1. The van der Waals surface area contributed by atoms with E-state index in [1.807, 2.05) is 28.0 Å². The minimum atomic E-state index is -0.200. The van der Waals surface area contributed by atoms with Crippen LogP contribution in [-0.2, 0) is 16.0 Å². The average molecular weight is 341 g/mol. The van der Waals surface area contributed by atoms with Gasteiger partial charge in [-0.15, -0.1) is 0 Å². The molecule has 4 rings (SSSR count). The number of anilines is 1. The molecule has 3 fully saturated rings. The van der Waals surface area contributed by atoms with Crippen LogP contribution in [0.2, 0.25) is 0 Å². The summed E-state index contributed by atoms with van der Waals surface area (Å²) < 4.78 is 0. The maximum atomic E-state index is 13.0. The number of para-hydroxylation sites is 1. The van der Waals surface area contributed by atoms with E-state index in [-0.39, 0.29) is 17.7 Å². The van der Waals surface area contributed by atoms with Crippen LogP contribution in [0.5, 0.6) is 0 Å². The third-order valence-corrected chi connectivity index (χ3v) is 5.97. The SMILES string of the molecule is CCc1ccccc1N1CC(C(=O)N2CCC3CCC(C2)N3)CC1=O. The Morgan fingerprint density at radius 2 is 1.96 bits per heavy atom. The Balaban J connectivity index is 1.47. The van der Waals surface area contributed by atoms with E-state index >= 15 is 0 Å². The maximum Gasteiger partial charge on any atom is 0.228 e. The minimum Gasteiger partial charge on any atom is -0.341 e. The average Bonchev–Trinajstić information content (AvgIpc) is 3.16. The molecular weight excluding hydrogens is 314 g/mol. The Labute approximate surface area is 149 Å². The number of carbonyl (C=O) groups excluding carboxylic acids is 2. The van der Waals surface area contributed by atoms with Gasteiger partial charge in [-0.05, 0) is 37.3 Å². The van der Waals surface area contributed by atoms with Crippen LogP contribution in [0.4, 0.5) is 5.69 Å². The number of nitrogens with one attached hydrogen (secondary N) is 1. The Morgan fingerprint density at radius 1 is 1.16 bits per heavy atom. The van der Waals surface area contributed by atoms with Crippen molar-refractivity contribution < 1.29 is 9.59 Å². The van der Waals surface area contributed by atoms with Crippen LogP contribution in [0, 0.1) is 5.92 Å². The van der Waals surface area contributed by atoms with E-state index in [2.05, 4.69) is 18.3 Å². The molecule has 3 heterocycles. The first kappa shape index (κ1) is 16.6. The highest BCUT2D eigenvalue weighted by molar-refractivity contribution is 6.00. The zero-order chi connectivity index (χ0) is 17.4. The summed E-state index contributed by atoms with van der Waals surface area (Å²) in [4.78, 5) is 29.4. The number of nitrogens with zero attached hydrogens (tertiary/aromatic N) is 2. The van der Waals surface area contributed by atoms with Crippen LogP contribution >= 0.6 is 0 Å². The third kappa shape index (κ3) is 3.17. The van der Waals surface area contributed by atoms with Crippen LogP contribution in [0.1, 0.15) is 38.2 Å². The second-order valence-electron chi connectivity index (χ2n) is 7.60. The molecule has 0 saturated carbocycles. The molecule has 0 radical (unpaired) electrons. The maximum absolute atomic E-state index is 13.0. The molecule has 0 aromatic heterocycles. The van der Waals surface area contributed by atoms with Crippen LogP contribution < -0.4 is 10.2 Å². The Hall–Kier alpha value is -1.88. The molecule has 3 aliphatic rings. The predicted molar refractivity (Wildman–Crippen MR) is 97.4 cm³/mol. The van der Waals surface area contributed by atoms with E-state index in [0.717, 1.165) is 38.0 Å². The van der Waals surface area contributed by atoms with E-state index in [4.69, 9.17) is 0 Å². The molecule has 1 aromatic rings. The number of aryl methyl sites for hydroxylation is 1. The number of benzene rings is 1. The Bertz CT molecular complexity index is 675. The van der Waals surface area contributed by atoms with Gasteiger partial charge in [-0.25, -0.2) is 0 Å². The zero-order valence-corrected chi connectivity index (χ0v) is 14.9. The fraction of sp³-hybridized carbons (Fsp3) is 0.600. The van der Waals surface area contributed by atoms with Crippen molar-refractivity contribution in [1.29, 1.82) is 0 Å². The van der Waals surface area contributed by atoms with Gasteiger partial charge in [0.25, 0.3) is 0 Å². The molecule has 1 N–H and O–H groups in total. The molecule has 3 atom stereocenters. The first-order valence-electron chi connectivity index (χ1n) is 9.58. The highest BCUT2D eigenvalue weighted by Crippen LogP contribution is 2.30. The fourth-order valence-electron chi connectivity index (χ4n) is 4.58. The second kappa shape index (κ2) is 6.79.